The first kappa shape index (κ1) is 19.9. The Morgan fingerprint density at radius 1 is 1.14 bits per heavy atom. The second-order valence-electron chi connectivity index (χ2n) is 7.17. The summed E-state index contributed by atoms with van der Waals surface area (Å²) in [5.41, 5.74) is 1.84. The van der Waals surface area contributed by atoms with Gasteiger partial charge in [-0.3, -0.25) is 9.59 Å². The highest BCUT2D eigenvalue weighted by molar-refractivity contribution is 5.88. The number of nitrogens with zero attached hydrogens (tertiary/aromatic N) is 1. The molecule has 0 spiro atoms. The van der Waals surface area contributed by atoms with Crippen LogP contribution in [0, 0.1) is 5.92 Å². The van der Waals surface area contributed by atoms with Crippen LogP contribution in [-0.4, -0.2) is 22.8 Å². The third-order valence-electron chi connectivity index (χ3n) is 5.00. The van der Waals surface area contributed by atoms with Crippen molar-refractivity contribution >= 4 is 11.8 Å². The Hall–Kier alpha value is -2.89. The molecule has 0 unspecified atom stereocenters. The van der Waals surface area contributed by atoms with Crippen LogP contribution in [0.4, 0.5) is 0 Å². The van der Waals surface area contributed by atoms with E-state index < -0.39 is 6.04 Å². The number of rotatable bonds is 8. The van der Waals surface area contributed by atoms with Gasteiger partial charge in [0.15, 0.2) is 0 Å². The van der Waals surface area contributed by atoms with E-state index in [2.05, 4.69) is 15.6 Å². The van der Waals surface area contributed by atoms with E-state index in [4.69, 9.17) is 4.74 Å². The van der Waals surface area contributed by atoms with Gasteiger partial charge in [-0.15, -0.1) is 0 Å². The fourth-order valence-electron chi connectivity index (χ4n) is 3.33. The van der Waals surface area contributed by atoms with Gasteiger partial charge in [-0.25, -0.2) is 4.98 Å². The van der Waals surface area contributed by atoms with Crippen LogP contribution < -0.4 is 15.4 Å². The zero-order chi connectivity index (χ0) is 19.8. The molecule has 2 N–H and O–H groups in total. The van der Waals surface area contributed by atoms with Crippen molar-refractivity contribution in [2.75, 3.05) is 0 Å². The average molecular weight is 381 g/mol. The van der Waals surface area contributed by atoms with Gasteiger partial charge in [0.25, 0.3) is 0 Å². The van der Waals surface area contributed by atoms with Crippen LogP contribution in [0.25, 0.3) is 0 Å². The van der Waals surface area contributed by atoms with E-state index in [-0.39, 0.29) is 17.7 Å². The van der Waals surface area contributed by atoms with Crippen molar-refractivity contribution in [3.63, 3.8) is 0 Å². The molecular formula is C22H27N3O3. The Balaban J connectivity index is 1.50. The number of amides is 2. The first-order chi connectivity index (χ1) is 13.6. The van der Waals surface area contributed by atoms with E-state index in [1.54, 1.807) is 13.1 Å². The molecule has 0 bridgehead atoms. The van der Waals surface area contributed by atoms with Crippen molar-refractivity contribution in [3.05, 3.63) is 59.8 Å². The van der Waals surface area contributed by atoms with Gasteiger partial charge in [-0.2, -0.15) is 0 Å². The van der Waals surface area contributed by atoms with Crippen LogP contribution in [0.2, 0.25) is 0 Å². The number of nitrogens with one attached hydrogen (secondary N) is 2. The Kier molecular flexibility index (Phi) is 7.00. The van der Waals surface area contributed by atoms with Gasteiger partial charge in [0.2, 0.25) is 17.7 Å². The van der Waals surface area contributed by atoms with Crippen molar-refractivity contribution in [3.8, 4) is 5.88 Å². The molecule has 0 radical (unpaired) electrons. The number of carbonyl (C=O) groups is 2. The van der Waals surface area contributed by atoms with E-state index in [9.17, 15) is 9.59 Å². The molecule has 1 aromatic heterocycles. The maximum Gasteiger partial charge on any atom is 0.242 e. The van der Waals surface area contributed by atoms with E-state index >= 15 is 0 Å². The third kappa shape index (κ3) is 5.55. The molecule has 1 fully saturated rings. The highest BCUT2D eigenvalue weighted by Gasteiger charge is 2.25. The highest BCUT2D eigenvalue weighted by atomic mass is 16.5. The molecule has 6 heteroatoms. The lowest BCUT2D eigenvalue weighted by molar-refractivity contribution is -0.130. The Labute approximate surface area is 165 Å². The van der Waals surface area contributed by atoms with Gasteiger partial charge in [0.05, 0.1) is 0 Å². The molecule has 1 saturated carbocycles. The molecule has 6 nitrogen and oxygen atoms in total. The number of pyridine rings is 1. The molecule has 1 aliphatic carbocycles. The topological polar surface area (TPSA) is 80.3 Å². The van der Waals surface area contributed by atoms with E-state index in [0.717, 1.165) is 36.8 Å². The lowest BCUT2D eigenvalue weighted by atomic mass is 10.1. The first-order valence-electron chi connectivity index (χ1n) is 9.82. The van der Waals surface area contributed by atoms with Crippen molar-refractivity contribution in [1.82, 2.24) is 15.6 Å². The van der Waals surface area contributed by atoms with Crippen LogP contribution in [-0.2, 0) is 22.7 Å². The summed E-state index contributed by atoms with van der Waals surface area (Å²) in [6.45, 7) is 2.41. The second-order valence-corrected chi connectivity index (χ2v) is 7.17. The fraction of sp³-hybridized carbons (Fsp3) is 0.409. The van der Waals surface area contributed by atoms with Crippen molar-refractivity contribution in [1.29, 1.82) is 0 Å². The summed E-state index contributed by atoms with van der Waals surface area (Å²) in [6.07, 6.45) is 5.67. The number of hydrogen-bond donors (Lipinski definition) is 2. The summed E-state index contributed by atoms with van der Waals surface area (Å²) in [5, 5.41) is 5.68. The zero-order valence-corrected chi connectivity index (χ0v) is 16.2. The van der Waals surface area contributed by atoms with Crippen LogP contribution in [0.1, 0.15) is 43.7 Å². The average Bonchev–Trinajstić information content (AvgIpc) is 3.27. The molecule has 0 saturated heterocycles. The largest absolute Gasteiger partial charge is 0.473 e. The molecule has 1 aromatic carbocycles. The Morgan fingerprint density at radius 3 is 2.64 bits per heavy atom. The first-order valence-corrected chi connectivity index (χ1v) is 9.82. The molecule has 148 valence electrons. The summed E-state index contributed by atoms with van der Waals surface area (Å²) in [6, 6.07) is 12.9. The molecule has 1 aliphatic rings. The van der Waals surface area contributed by atoms with Gasteiger partial charge >= 0.3 is 0 Å². The van der Waals surface area contributed by atoms with Crippen LogP contribution in [0.3, 0.4) is 0 Å². The van der Waals surface area contributed by atoms with E-state index in [0.29, 0.717) is 19.0 Å². The van der Waals surface area contributed by atoms with Crippen LogP contribution >= 0.6 is 0 Å². The molecule has 1 heterocycles. The zero-order valence-electron chi connectivity index (χ0n) is 16.2. The Bertz CT molecular complexity index is 789. The van der Waals surface area contributed by atoms with Gasteiger partial charge in [-0.1, -0.05) is 49.2 Å². The molecule has 2 amide bonds. The number of carbonyl (C=O) groups excluding carboxylic acids is 2. The summed E-state index contributed by atoms with van der Waals surface area (Å²) in [5.74, 6) is 0.304. The number of benzene rings is 1. The van der Waals surface area contributed by atoms with Gasteiger partial charge in [0, 0.05) is 24.2 Å². The highest BCUT2D eigenvalue weighted by Crippen LogP contribution is 2.24. The minimum Gasteiger partial charge on any atom is -0.473 e. The minimum atomic E-state index is -0.571. The monoisotopic (exact) mass is 381 g/mol. The predicted molar refractivity (Wildman–Crippen MR) is 106 cm³/mol. The maximum absolute atomic E-state index is 12.4. The molecule has 2 aromatic rings. The number of aromatic nitrogens is 1. The van der Waals surface area contributed by atoms with Crippen molar-refractivity contribution in [2.24, 2.45) is 5.92 Å². The predicted octanol–water partition coefficient (Wildman–Crippen LogP) is 2.97. The minimum absolute atomic E-state index is 0.0200. The maximum atomic E-state index is 12.4. The van der Waals surface area contributed by atoms with Crippen molar-refractivity contribution in [2.45, 2.75) is 51.8 Å². The Morgan fingerprint density at radius 2 is 1.89 bits per heavy atom. The van der Waals surface area contributed by atoms with Gasteiger partial charge in [0.1, 0.15) is 12.6 Å². The number of hydrogen-bond acceptors (Lipinski definition) is 4. The second kappa shape index (κ2) is 9.88. The smallest absolute Gasteiger partial charge is 0.242 e. The summed E-state index contributed by atoms with van der Waals surface area (Å²) in [7, 11) is 0. The lowest BCUT2D eigenvalue weighted by Gasteiger charge is -2.17. The summed E-state index contributed by atoms with van der Waals surface area (Å²) in [4.78, 5) is 28.8. The van der Waals surface area contributed by atoms with Crippen LogP contribution in [0.5, 0.6) is 5.88 Å². The molecule has 0 aliphatic heterocycles. The van der Waals surface area contributed by atoms with Gasteiger partial charge < -0.3 is 15.4 Å². The molecule has 3 rings (SSSR count). The third-order valence-corrected chi connectivity index (χ3v) is 5.00. The summed E-state index contributed by atoms with van der Waals surface area (Å²) >= 11 is 0. The standard InChI is InChI=1S/C22H27N3O3/c1-16(25-21(27)18-10-5-6-11-18)20(26)24-14-19-12-7-13-23-22(19)28-15-17-8-3-2-4-9-17/h2-4,7-9,12-13,16,18H,5-6,10-11,14-15H2,1H3,(H,24,26)(H,25,27)/t16-/m0/s1. The molecular weight excluding hydrogens is 354 g/mol. The van der Waals surface area contributed by atoms with Gasteiger partial charge in [-0.05, 0) is 31.4 Å². The lowest BCUT2D eigenvalue weighted by Crippen LogP contribution is -2.46. The van der Waals surface area contributed by atoms with Crippen molar-refractivity contribution < 1.29 is 14.3 Å². The number of ether oxygens (including phenoxy) is 1. The normalized spacial score (nSPS) is 15.0. The molecule has 28 heavy (non-hydrogen) atoms. The van der Waals surface area contributed by atoms with E-state index in [1.165, 1.54) is 0 Å². The van der Waals surface area contributed by atoms with E-state index in [1.807, 2.05) is 42.5 Å². The fourth-order valence-corrected chi connectivity index (χ4v) is 3.33. The quantitative estimate of drug-likeness (QED) is 0.737. The SMILES string of the molecule is C[C@H](NC(=O)C1CCCC1)C(=O)NCc1cccnc1OCc1ccccc1. The summed E-state index contributed by atoms with van der Waals surface area (Å²) < 4.78 is 5.82. The van der Waals surface area contributed by atoms with Crippen LogP contribution in [0.15, 0.2) is 48.7 Å². The molecule has 1 atom stereocenters.